The van der Waals surface area contributed by atoms with Crippen LogP contribution in [0.5, 0.6) is 0 Å². The number of halogens is 2. The average molecular weight is 417 g/mol. The van der Waals surface area contributed by atoms with Gasteiger partial charge in [-0.2, -0.15) is 4.31 Å². The second-order valence-corrected chi connectivity index (χ2v) is 8.58. The van der Waals surface area contributed by atoms with Crippen LogP contribution in [-0.2, 0) is 14.8 Å². The summed E-state index contributed by atoms with van der Waals surface area (Å²) in [5.74, 6) is -2.21. The molecule has 9 heteroatoms. The number of rotatable bonds is 4. The lowest BCUT2D eigenvalue weighted by Crippen LogP contribution is -2.43. The van der Waals surface area contributed by atoms with E-state index in [-0.39, 0.29) is 23.5 Å². The Morgan fingerprint density at radius 3 is 2.76 bits per heavy atom. The Kier molecular flexibility index (Phi) is 5.01. The van der Waals surface area contributed by atoms with Gasteiger partial charge >= 0.3 is 0 Å². The summed E-state index contributed by atoms with van der Waals surface area (Å²) in [6.07, 6.45) is 2.25. The maximum atomic E-state index is 13.9. The standard InChI is InChI=1S/C20H17F2N3O3S/c21-14-8-9-15(22)16(12-14)24-20(26)17-6-3-11-25(17)29(27,28)18-7-1-4-13-5-2-10-23-19(13)18/h1-2,4-5,7-10,12,17H,3,6,11H2,(H,24,26). The molecule has 0 radical (unpaired) electrons. The highest BCUT2D eigenvalue weighted by molar-refractivity contribution is 7.89. The van der Waals surface area contributed by atoms with Gasteiger partial charge in [0.2, 0.25) is 15.9 Å². The van der Waals surface area contributed by atoms with E-state index in [9.17, 15) is 22.0 Å². The molecule has 4 rings (SSSR count). The Morgan fingerprint density at radius 1 is 1.14 bits per heavy atom. The number of anilines is 1. The number of sulfonamides is 1. The van der Waals surface area contributed by atoms with Crippen molar-refractivity contribution in [1.29, 1.82) is 0 Å². The van der Waals surface area contributed by atoms with E-state index in [0.29, 0.717) is 17.3 Å². The van der Waals surface area contributed by atoms with Crippen LogP contribution in [0.3, 0.4) is 0 Å². The zero-order chi connectivity index (χ0) is 20.6. The predicted octanol–water partition coefficient (Wildman–Crippen LogP) is 3.30. The van der Waals surface area contributed by atoms with E-state index < -0.39 is 33.6 Å². The molecule has 0 spiro atoms. The number of carbonyl (C=O) groups excluding carboxylic acids is 1. The number of hydrogen-bond donors (Lipinski definition) is 1. The van der Waals surface area contributed by atoms with Gasteiger partial charge in [0.15, 0.2) is 0 Å². The topological polar surface area (TPSA) is 79.4 Å². The molecule has 1 aliphatic rings. The summed E-state index contributed by atoms with van der Waals surface area (Å²) in [6.45, 7) is 0.148. The molecule has 6 nitrogen and oxygen atoms in total. The van der Waals surface area contributed by atoms with Crippen molar-refractivity contribution in [2.75, 3.05) is 11.9 Å². The van der Waals surface area contributed by atoms with E-state index in [1.807, 2.05) is 0 Å². The Balaban J connectivity index is 1.67. The minimum atomic E-state index is -4.03. The number of aromatic nitrogens is 1. The number of amides is 1. The minimum absolute atomic E-state index is 0.00670. The van der Waals surface area contributed by atoms with Gasteiger partial charge in [0, 0.05) is 24.2 Å². The molecule has 2 heterocycles. The largest absolute Gasteiger partial charge is 0.322 e. The number of pyridine rings is 1. The molecule has 2 aromatic carbocycles. The maximum Gasteiger partial charge on any atom is 0.245 e. The van der Waals surface area contributed by atoms with Crippen molar-refractivity contribution in [2.24, 2.45) is 0 Å². The Hall–Kier alpha value is -2.91. The summed E-state index contributed by atoms with van der Waals surface area (Å²) in [7, 11) is -4.03. The fraction of sp³-hybridized carbons (Fsp3) is 0.200. The normalized spacial score (nSPS) is 17.5. The molecule has 0 aliphatic carbocycles. The Morgan fingerprint density at radius 2 is 1.93 bits per heavy atom. The van der Waals surface area contributed by atoms with Crippen molar-refractivity contribution in [3.63, 3.8) is 0 Å². The average Bonchev–Trinajstić information content (AvgIpc) is 3.21. The summed E-state index contributed by atoms with van der Waals surface area (Å²) >= 11 is 0. The zero-order valence-corrected chi connectivity index (χ0v) is 16.0. The van der Waals surface area contributed by atoms with Crippen LogP contribution in [0.2, 0.25) is 0 Å². The first-order chi connectivity index (χ1) is 13.9. The molecule has 1 N–H and O–H groups in total. The third-order valence-corrected chi connectivity index (χ3v) is 6.81. The molecule has 0 saturated carbocycles. The molecule has 1 fully saturated rings. The molecule has 150 valence electrons. The van der Waals surface area contributed by atoms with Crippen LogP contribution in [0.15, 0.2) is 59.6 Å². The highest BCUT2D eigenvalue weighted by Gasteiger charge is 2.40. The zero-order valence-electron chi connectivity index (χ0n) is 15.2. The van der Waals surface area contributed by atoms with Crippen LogP contribution in [0.25, 0.3) is 10.9 Å². The highest BCUT2D eigenvalue weighted by atomic mass is 32.2. The van der Waals surface area contributed by atoms with E-state index in [2.05, 4.69) is 10.3 Å². The van der Waals surface area contributed by atoms with Gasteiger partial charge in [0.25, 0.3) is 0 Å². The second kappa shape index (κ2) is 7.49. The van der Waals surface area contributed by atoms with Gasteiger partial charge in [-0.05, 0) is 37.1 Å². The minimum Gasteiger partial charge on any atom is -0.322 e. The van der Waals surface area contributed by atoms with Crippen molar-refractivity contribution in [3.05, 3.63) is 66.4 Å². The van der Waals surface area contributed by atoms with Gasteiger partial charge in [-0.1, -0.05) is 18.2 Å². The van der Waals surface area contributed by atoms with E-state index in [1.165, 1.54) is 12.3 Å². The Labute approximate surface area is 166 Å². The van der Waals surface area contributed by atoms with Crippen LogP contribution < -0.4 is 5.32 Å². The summed E-state index contributed by atoms with van der Waals surface area (Å²) in [5.41, 5.74) is -0.0108. The van der Waals surface area contributed by atoms with Gasteiger partial charge in [0.05, 0.1) is 11.2 Å². The van der Waals surface area contributed by atoms with E-state index in [0.717, 1.165) is 22.5 Å². The molecule has 1 amide bonds. The van der Waals surface area contributed by atoms with Gasteiger partial charge in [-0.15, -0.1) is 0 Å². The van der Waals surface area contributed by atoms with E-state index in [4.69, 9.17) is 0 Å². The monoisotopic (exact) mass is 417 g/mol. The fourth-order valence-electron chi connectivity index (χ4n) is 3.51. The molecule has 0 bridgehead atoms. The summed E-state index contributed by atoms with van der Waals surface area (Å²) in [4.78, 5) is 16.9. The van der Waals surface area contributed by atoms with Gasteiger partial charge in [-0.3, -0.25) is 9.78 Å². The number of hydrogen-bond acceptors (Lipinski definition) is 4. The van der Waals surface area contributed by atoms with Gasteiger partial charge in [-0.25, -0.2) is 17.2 Å². The van der Waals surface area contributed by atoms with E-state index in [1.54, 1.807) is 24.3 Å². The van der Waals surface area contributed by atoms with Crippen LogP contribution in [0, 0.1) is 11.6 Å². The number of fused-ring (bicyclic) bond motifs is 1. The third kappa shape index (κ3) is 3.58. The molecule has 1 aliphatic heterocycles. The molecular weight excluding hydrogens is 400 g/mol. The summed E-state index contributed by atoms with van der Waals surface area (Å²) < 4.78 is 55.0. The number of nitrogens with zero attached hydrogens (tertiary/aromatic N) is 2. The van der Waals surface area contributed by atoms with Crippen LogP contribution in [0.4, 0.5) is 14.5 Å². The quantitative estimate of drug-likeness (QED) is 0.707. The lowest BCUT2D eigenvalue weighted by Gasteiger charge is -2.24. The lowest BCUT2D eigenvalue weighted by molar-refractivity contribution is -0.119. The Bertz CT molecular complexity index is 1200. The first-order valence-corrected chi connectivity index (χ1v) is 10.4. The molecule has 1 unspecified atom stereocenters. The SMILES string of the molecule is O=C(Nc1cc(F)ccc1F)C1CCCN1S(=O)(=O)c1cccc2cccnc12. The maximum absolute atomic E-state index is 13.9. The second-order valence-electron chi connectivity index (χ2n) is 6.72. The van der Waals surface area contributed by atoms with Crippen molar-refractivity contribution in [1.82, 2.24) is 9.29 Å². The first kappa shape index (κ1) is 19.4. The van der Waals surface area contributed by atoms with Crippen LogP contribution in [-0.4, -0.2) is 36.2 Å². The van der Waals surface area contributed by atoms with Crippen molar-refractivity contribution in [2.45, 2.75) is 23.8 Å². The molecule has 29 heavy (non-hydrogen) atoms. The molecular formula is C20H17F2N3O3S. The first-order valence-electron chi connectivity index (χ1n) is 8.99. The number of benzene rings is 2. The van der Waals surface area contributed by atoms with Crippen LogP contribution >= 0.6 is 0 Å². The van der Waals surface area contributed by atoms with Gasteiger partial charge < -0.3 is 5.32 Å². The summed E-state index contributed by atoms with van der Waals surface area (Å²) in [6, 6.07) is 9.94. The molecule has 1 aromatic heterocycles. The van der Waals surface area contributed by atoms with Crippen molar-refractivity contribution >= 4 is 32.5 Å². The van der Waals surface area contributed by atoms with Gasteiger partial charge in [0.1, 0.15) is 22.6 Å². The molecule has 1 saturated heterocycles. The van der Waals surface area contributed by atoms with Crippen LogP contribution in [0.1, 0.15) is 12.8 Å². The summed E-state index contributed by atoms with van der Waals surface area (Å²) in [5, 5.41) is 2.97. The van der Waals surface area contributed by atoms with Crippen molar-refractivity contribution in [3.8, 4) is 0 Å². The predicted molar refractivity (Wildman–Crippen MR) is 104 cm³/mol. The number of nitrogens with one attached hydrogen (secondary N) is 1. The van der Waals surface area contributed by atoms with E-state index >= 15 is 0 Å². The number of para-hydroxylation sites is 1. The lowest BCUT2D eigenvalue weighted by atomic mass is 10.2. The third-order valence-electron chi connectivity index (χ3n) is 4.87. The highest BCUT2D eigenvalue weighted by Crippen LogP contribution is 2.30. The fourth-order valence-corrected chi connectivity index (χ4v) is 5.33. The molecule has 3 aromatic rings. The smallest absolute Gasteiger partial charge is 0.245 e. The van der Waals surface area contributed by atoms with Crippen molar-refractivity contribution < 1.29 is 22.0 Å². The number of carbonyl (C=O) groups is 1. The molecule has 1 atom stereocenters.